The van der Waals surface area contributed by atoms with E-state index >= 15 is 0 Å². The molecule has 0 radical (unpaired) electrons. The Hall–Kier alpha value is -1.77. The summed E-state index contributed by atoms with van der Waals surface area (Å²) in [6.07, 6.45) is 41.6. The van der Waals surface area contributed by atoms with E-state index in [2.05, 4.69) is 50.3 Å². The number of hydrogen-bond acceptors (Lipinski definition) is 8. The zero-order valence-electron chi connectivity index (χ0n) is 36.1. The lowest BCUT2D eigenvalue weighted by Crippen LogP contribution is -2.37. The van der Waals surface area contributed by atoms with Gasteiger partial charge in [0.25, 0.3) is 7.82 Å². The van der Waals surface area contributed by atoms with Crippen LogP contribution in [-0.2, 0) is 32.7 Å². The Morgan fingerprint density at radius 3 is 1.51 bits per heavy atom. The third-order valence-electron chi connectivity index (χ3n) is 9.38. The van der Waals surface area contributed by atoms with E-state index in [0.717, 1.165) is 77.0 Å². The maximum atomic E-state index is 12.7. The van der Waals surface area contributed by atoms with Crippen molar-refractivity contribution in [3.05, 3.63) is 36.5 Å². The monoisotopic (exact) mass is 798 g/mol. The standard InChI is InChI=1S/C45H84NO8P/c1-6-8-10-12-14-16-18-20-22-23-24-26-27-29-31-33-35-37-44(47)51-41-43(42-53-55(49,50)52-40-39-46(3,4)5)54-45(48)38-36-34-32-30-28-25-21-19-17-15-13-11-9-7-2/h13,15,19-22,43H,6-12,14,16-18,23-42H2,1-5H3/b15-13-,21-19-,22-20-/t43-/m1/s1. The van der Waals surface area contributed by atoms with Crippen LogP contribution in [0.1, 0.15) is 187 Å². The molecule has 10 heteroatoms. The second-order valence-electron chi connectivity index (χ2n) is 16.1. The van der Waals surface area contributed by atoms with E-state index in [4.69, 9.17) is 18.5 Å². The molecular weight excluding hydrogens is 713 g/mol. The molecule has 0 rings (SSSR count). The smallest absolute Gasteiger partial charge is 0.306 e. The van der Waals surface area contributed by atoms with Gasteiger partial charge in [-0.2, -0.15) is 0 Å². The first-order valence-corrected chi connectivity index (χ1v) is 23.7. The van der Waals surface area contributed by atoms with E-state index in [1.807, 2.05) is 21.1 Å². The predicted molar refractivity (Wildman–Crippen MR) is 227 cm³/mol. The summed E-state index contributed by atoms with van der Waals surface area (Å²) >= 11 is 0. The van der Waals surface area contributed by atoms with Gasteiger partial charge >= 0.3 is 11.9 Å². The van der Waals surface area contributed by atoms with Crippen LogP contribution in [0, 0.1) is 0 Å². The van der Waals surface area contributed by atoms with E-state index in [1.54, 1.807) is 0 Å². The summed E-state index contributed by atoms with van der Waals surface area (Å²) in [6.45, 7) is 4.16. The largest absolute Gasteiger partial charge is 0.756 e. The SMILES string of the molecule is CCCC/C=C\C/C=C\CCCCCCCC(=O)O[C@H](COC(=O)CCCCCCCCC/C=C\CCCCCCCC)COP(=O)([O-])OCC[N+](C)(C)C. The Bertz CT molecular complexity index is 1040. The summed E-state index contributed by atoms with van der Waals surface area (Å²) in [7, 11) is 1.15. The van der Waals surface area contributed by atoms with Crippen LogP contribution in [0.3, 0.4) is 0 Å². The quantitative estimate of drug-likeness (QED) is 0.0198. The number of quaternary nitrogens is 1. The number of hydrogen-bond donors (Lipinski definition) is 0. The molecule has 0 heterocycles. The maximum Gasteiger partial charge on any atom is 0.306 e. The molecule has 0 aliphatic heterocycles. The molecule has 1 unspecified atom stereocenters. The average molecular weight is 798 g/mol. The van der Waals surface area contributed by atoms with Crippen molar-refractivity contribution >= 4 is 19.8 Å². The molecule has 0 aromatic heterocycles. The lowest BCUT2D eigenvalue weighted by molar-refractivity contribution is -0.870. The van der Waals surface area contributed by atoms with Gasteiger partial charge < -0.3 is 27.9 Å². The van der Waals surface area contributed by atoms with Crippen molar-refractivity contribution in [1.82, 2.24) is 0 Å². The molecule has 0 aliphatic carbocycles. The Labute approximate surface area is 338 Å². The van der Waals surface area contributed by atoms with Crippen LogP contribution in [0.2, 0.25) is 0 Å². The molecule has 0 bridgehead atoms. The number of unbranched alkanes of at least 4 members (excludes halogenated alkanes) is 20. The number of likely N-dealkylation sites (N-methyl/N-ethyl adjacent to an activating group) is 1. The summed E-state index contributed by atoms with van der Waals surface area (Å²) in [5.74, 6) is -0.855. The first-order valence-electron chi connectivity index (χ1n) is 22.2. The van der Waals surface area contributed by atoms with Crippen LogP contribution < -0.4 is 4.89 Å². The zero-order valence-corrected chi connectivity index (χ0v) is 37.0. The molecule has 55 heavy (non-hydrogen) atoms. The van der Waals surface area contributed by atoms with Crippen molar-refractivity contribution in [2.45, 2.75) is 193 Å². The Balaban J connectivity index is 4.36. The van der Waals surface area contributed by atoms with Gasteiger partial charge in [-0.05, 0) is 64.2 Å². The van der Waals surface area contributed by atoms with Gasteiger partial charge in [0.1, 0.15) is 19.8 Å². The maximum absolute atomic E-state index is 12.7. The van der Waals surface area contributed by atoms with Crippen LogP contribution in [-0.4, -0.2) is 70.0 Å². The minimum atomic E-state index is -4.63. The van der Waals surface area contributed by atoms with E-state index < -0.39 is 32.5 Å². The van der Waals surface area contributed by atoms with Crippen LogP contribution >= 0.6 is 7.82 Å². The van der Waals surface area contributed by atoms with E-state index in [1.165, 1.54) is 77.0 Å². The fourth-order valence-electron chi connectivity index (χ4n) is 5.84. The number of phosphoric ester groups is 1. The van der Waals surface area contributed by atoms with Crippen LogP contribution in [0.5, 0.6) is 0 Å². The molecule has 0 aromatic rings. The van der Waals surface area contributed by atoms with Gasteiger partial charge in [-0.15, -0.1) is 0 Å². The lowest BCUT2D eigenvalue weighted by Gasteiger charge is -2.28. The minimum absolute atomic E-state index is 0.0345. The molecule has 0 saturated carbocycles. The lowest BCUT2D eigenvalue weighted by atomic mass is 10.1. The number of rotatable bonds is 40. The Morgan fingerprint density at radius 1 is 0.564 bits per heavy atom. The fourth-order valence-corrected chi connectivity index (χ4v) is 6.57. The van der Waals surface area contributed by atoms with Crippen molar-refractivity contribution in [3.8, 4) is 0 Å². The van der Waals surface area contributed by atoms with Gasteiger partial charge in [0.15, 0.2) is 6.10 Å². The Morgan fingerprint density at radius 2 is 1.00 bits per heavy atom. The topological polar surface area (TPSA) is 111 Å². The molecule has 0 aromatic carbocycles. The molecule has 0 saturated heterocycles. The number of carbonyl (C=O) groups excluding carboxylic acids is 2. The van der Waals surface area contributed by atoms with Gasteiger partial charge in [0.05, 0.1) is 27.7 Å². The van der Waals surface area contributed by atoms with Crippen molar-refractivity contribution in [2.24, 2.45) is 0 Å². The number of esters is 2. The van der Waals surface area contributed by atoms with Gasteiger partial charge in [-0.1, -0.05) is 147 Å². The molecule has 0 spiro atoms. The fraction of sp³-hybridized carbons (Fsp3) is 0.822. The summed E-state index contributed by atoms with van der Waals surface area (Å²) in [5.41, 5.74) is 0. The summed E-state index contributed by atoms with van der Waals surface area (Å²) in [6, 6.07) is 0. The second-order valence-corrected chi connectivity index (χ2v) is 17.5. The Kier molecular flexibility index (Phi) is 36.6. The highest BCUT2D eigenvalue weighted by Crippen LogP contribution is 2.38. The van der Waals surface area contributed by atoms with E-state index in [0.29, 0.717) is 17.4 Å². The van der Waals surface area contributed by atoms with Gasteiger partial charge in [0, 0.05) is 12.8 Å². The molecule has 9 nitrogen and oxygen atoms in total. The number of ether oxygens (including phenoxy) is 2. The van der Waals surface area contributed by atoms with Gasteiger partial charge in [-0.25, -0.2) is 0 Å². The molecule has 0 fully saturated rings. The first kappa shape index (κ1) is 53.2. The number of carbonyl (C=O) groups is 2. The molecule has 322 valence electrons. The van der Waals surface area contributed by atoms with Crippen molar-refractivity contribution in [2.75, 3.05) is 47.5 Å². The van der Waals surface area contributed by atoms with E-state index in [-0.39, 0.29) is 26.1 Å². The third-order valence-corrected chi connectivity index (χ3v) is 10.3. The molecule has 0 amide bonds. The van der Waals surface area contributed by atoms with Crippen LogP contribution in [0.25, 0.3) is 0 Å². The average Bonchev–Trinajstić information content (AvgIpc) is 3.13. The molecule has 2 atom stereocenters. The third kappa shape index (κ3) is 41.7. The van der Waals surface area contributed by atoms with Crippen molar-refractivity contribution < 1.29 is 42.1 Å². The summed E-state index contributed by atoms with van der Waals surface area (Å²) in [4.78, 5) is 37.5. The number of allylic oxidation sites excluding steroid dienone is 6. The first-order chi connectivity index (χ1) is 26.5. The van der Waals surface area contributed by atoms with Gasteiger partial charge in [0.2, 0.25) is 0 Å². The zero-order chi connectivity index (χ0) is 40.7. The summed E-state index contributed by atoms with van der Waals surface area (Å²) < 4.78 is 33.9. The molecule has 0 aliphatic rings. The summed E-state index contributed by atoms with van der Waals surface area (Å²) in [5, 5.41) is 0. The van der Waals surface area contributed by atoms with Gasteiger partial charge in [-0.3, -0.25) is 14.2 Å². The normalized spacial score (nSPS) is 13.9. The highest BCUT2D eigenvalue weighted by atomic mass is 31.2. The van der Waals surface area contributed by atoms with Crippen molar-refractivity contribution in [1.29, 1.82) is 0 Å². The molecule has 0 N–H and O–H groups in total. The number of phosphoric acid groups is 1. The predicted octanol–water partition coefficient (Wildman–Crippen LogP) is 11.9. The van der Waals surface area contributed by atoms with Crippen LogP contribution in [0.15, 0.2) is 36.5 Å². The number of nitrogens with zero attached hydrogens (tertiary/aromatic N) is 1. The molecular formula is C45H84NO8P. The van der Waals surface area contributed by atoms with Crippen LogP contribution in [0.4, 0.5) is 0 Å². The highest BCUT2D eigenvalue weighted by molar-refractivity contribution is 7.45. The highest BCUT2D eigenvalue weighted by Gasteiger charge is 2.21. The second kappa shape index (κ2) is 37.8. The minimum Gasteiger partial charge on any atom is -0.756 e. The van der Waals surface area contributed by atoms with E-state index in [9.17, 15) is 19.0 Å². The van der Waals surface area contributed by atoms with Crippen molar-refractivity contribution in [3.63, 3.8) is 0 Å².